The summed E-state index contributed by atoms with van der Waals surface area (Å²) in [5.74, 6) is 1.53. The van der Waals surface area contributed by atoms with Gasteiger partial charge in [-0.15, -0.1) is 11.6 Å². The molecule has 0 N–H and O–H groups in total. The Hall–Kier alpha value is -0.960. The van der Waals surface area contributed by atoms with Crippen LogP contribution in [0.15, 0.2) is 16.5 Å². The van der Waals surface area contributed by atoms with Gasteiger partial charge in [-0.1, -0.05) is 0 Å². The average Bonchev–Trinajstić information content (AvgIpc) is 2.49. The Bertz CT molecular complexity index is 296. The summed E-state index contributed by atoms with van der Waals surface area (Å²) in [6, 6.07) is 3.72. The molecule has 0 fully saturated rings. The van der Waals surface area contributed by atoms with Crippen molar-refractivity contribution in [1.29, 1.82) is 0 Å². The third-order valence-electron chi connectivity index (χ3n) is 1.73. The minimum atomic E-state index is -0.101. The van der Waals surface area contributed by atoms with E-state index in [1.165, 1.54) is 4.90 Å². The fraction of sp³-hybridized carbons (Fsp3) is 0.444. The molecule has 1 heterocycles. The van der Waals surface area contributed by atoms with Crippen LogP contribution in [0.1, 0.15) is 11.5 Å². The van der Waals surface area contributed by atoms with Crippen LogP contribution in [0.3, 0.4) is 0 Å². The summed E-state index contributed by atoms with van der Waals surface area (Å²) in [6.45, 7) is 2.34. The normalized spacial score (nSPS) is 10.1. The van der Waals surface area contributed by atoms with Crippen LogP contribution < -0.4 is 0 Å². The van der Waals surface area contributed by atoms with Gasteiger partial charge in [0.05, 0.1) is 6.54 Å². The van der Waals surface area contributed by atoms with Gasteiger partial charge in [-0.25, -0.2) is 0 Å². The maximum Gasteiger partial charge on any atom is 0.237 e. The molecule has 0 unspecified atom stereocenters. The van der Waals surface area contributed by atoms with Gasteiger partial charge in [0.2, 0.25) is 5.91 Å². The summed E-state index contributed by atoms with van der Waals surface area (Å²) in [5.41, 5.74) is 0. The highest BCUT2D eigenvalue weighted by molar-refractivity contribution is 6.27. The second kappa shape index (κ2) is 4.33. The van der Waals surface area contributed by atoms with E-state index in [0.717, 1.165) is 11.5 Å². The molecule has 1 amide bonds. The summed E-state index contributed by atoms with van der Waals surface area (Å²) in [6.07, 6.45) is 0. The molecule has 1 aromatic rings. The quantitative estimate of drug-likeness (QED) is 0.699. The van der Waals surface area contributed by atoms with Crippen molar-refractivity contribution >= 4 is 17.5 Å². The lowest BCUT2D eigenvalue weighted by atomic mass is 10.4. The van der Waals surface area contributed by atoms with Gasteiger partial charge in [0.15, 0.2) is 0 Å². The summed E-state index contributed by atoms with van der Waals surface area (Å²) in [7, 11) is 1.70. The van der Waals surface area contributed by atoms with Crippen LogP contribution in [-0.2, 0) is 11.3 Å². The molecule has 0 aliphatic heterocycles. The van der Waals surface area contributed by atoms with Crippen LogP contribution >= 0.6 is 11.6 Å². The SMILES string of the molecule is Cc1ccc(CN(C)C(=O)CCl)o1. The number of carbonyl (C=O) groups is 1. The molecule has 0 bridgehead atoms. The molecule has 0 radical (unpaired) electrons. The van der Waals surface area contributed by atoms with Crippen molar-refractivity contribution in [2.24, 2.45) is 0 Å². The van der Waals surface area contributed by atoms with E-state index in [0.29, 0.717) is 6.54 Å². The Labute approximate surface area is 82.3 Å². The molecule has 0 spiro atoms. The second-order valence-electron chi connectivity index (χ2n) is 2.90. The number of alkyl halides is 1. The van der Waals surface area contributed by atoms with Gasteiger partial charge in [0.1, 0.15) is 17.4 Å². The first-order valence-corrected chi connectivity index (χ1v) is 4.52. The van der Waals surface area contributed by atoms with Gasteiger partial charge in [-0.3, -0.25) is 4.79 Å². The van der Waals surface area contributed by atoms with E-state index in [-0.39, 0.29) is 11.8 Å². The van der Waals surface area contributed by atoms with Crippen molar-refractivity contribution in [3.8, 4) is 0 Å². The molecule has 0 aromatic carbocycles. The molecule has 1 rings (SSSR count). The average molecular weight is 202 g/mol. The smallest absolute Gasteiger partial charge is 0.237 e. The highest BCUT2D eigenvalue weighted by atomic mass is 35.5. The molecule has 0 aliphatic carbocycles. The lowest BCUT2D eigenvalue weighted by Crippen LogP contribution is -2.26. The van der Waals surface area contributed by atoms with Gasteiger partial charge in [-0.2, -0.15) is 0 Å². The number of carbonyl (C=O) groups excluding carboxylic acids is 1. The number of hydrogen-bond donors (Lipinski definition) is 0. The van der Waals surface area contributed by atoms with Gasteiger partial charge >= 0.3 is 0 Å². The van der Waals surface area contributed by atoms with E-state index in [2.05, 4.69) is 0 Å². The number of furan rings is 1. The van der Waals surface area contributed by atoms with Crippen molar-refractivity contribution in [2.45, 2.75) is 13.5 Å². The second-order valence-corrected chi connectivity index (χ2v) is 3.16. The number of rotatable bonds is 3. The Balaban J connectivity index is 2.54. The molecule has 1 aromatic heterocycles. The molecule has 4 heteroatoms. The number of aryl methyl sites for hydroxylation is 1. The van der Waals surface area contributed by atoms with Crippen LogP contribution in [0.5, 0.6) is 0 Å². The number of halogens is 1. The Kier molecular flexibility index (Phi) is 3.37. The minimum absolute atomic E-state index is 0.0101. The van der Waals surface area contributed by atoms with Crippen molar-refractivity contribution < 1.29 is 9.21 Å². The van der Waals surface area contributed by atoms with Crippen LogP contribution in [0, 0.1) is 6.92 Å². The molecular weight excluding hydrogens is 190 g/mol. The molecule has 0 aliphatic rings. The van der Waals surface area contributed by atoms with Crippen LogP contribution in [0.2, 0.25) is 0 Å². The molecule has 13 heavy (non-hydrogen) atoms. The summed E-state index contributed by atoms with van der Waals surface area (Å²) >= 11 is 5.40. The standard InChI is InChI=1S/C9H12ClNO2/c1-7-3-4-8(13-7)6-11(2)9(12)5-10/h3-4H,5-6H2,1-2H3. The maximum atomic E-state index is 11.1. The third-order valence-corrected chi connectivity index (χ3v) is 1.96. The third kappa shape index (κ3) is 2.77. The van der Waals surface area contributed by atoms with Crippen LogP contribution in [-0.4, -0.2) is 23.7 Å². The number of amides is 1. The van der Waals surface area contributed by atoms with Gasteiger partial charge in [-0.05, 0) is 19.1 Å². The van der Waals surface area contributed by atoms with E-state index < -0.39 is 0 Å². The summed E-state index contributed by atoms with van der Waals surface area (Å²) < 4.78 is 5.31. The largest absolute Gasteiger partial charge is 0.464 e. The molecule has 0 saturated heterocycles. The number of nitrogens with zero attached hydrogens (tertiary/aromatic N) is 1. The Morgan fingerprint density at radius 3 is 2.77 bits per heavy atom. The zero-order chi connectivity index (χ0) is 9.84. The van der Waals surface area contributed by atoms with Crippen LogP contribution in [0.4, 0.5) is 0 Å². The predicted molar refractivity (Wildman–Crippen MR) is 50.6 cm³/mol. The first kappa shape index (κ1) is 10.1. The zero-order valence-corrected chi connectivity index (χ0v) is 8.47. The Morgan fingerprint density at radius 1 is 1.62 bits per heavy atom. The van der Waals surface area contributed by atoms with Crippen molar-refractivity contribution in [2.75, 3.05) is 12.9 Å². The minimum Gasteiger partial charge on any atom is -0.464 e. The summed E-state index contributed by atoms with van der Waals surface area (Å²) in [5, 5.41) is 0. The molecule has 0 atom stereocenters. The van der Waals surface area contributed by atoms with Gasteiger partial charge < -0.3 is 9.32 Å². The first-order valence-electron chi connectivity index (χ1n) is 3.98. The molecule has 72 valence electrons. The fourth-order valence-corrected chi connectivity index (χ4v) is 1.20. The number of hydrogen-bond acceptors (Lipinski definition) is 2. The Morgan fingerprint density at radius 2 is 2.31 bits per heavy atom. The van der Waals surface area contributed by atoms with E-state index in [1.54, 1.807) is 7.05 Å². The highest BCUT2D eigenvalue weighted by Crippen LogP contribution is 2.08. The van der Waals surface area contributed by atoms with E-state index >= 15 is 0 Å². The maximum absolute atomic E-state index is 11.1. The van der Waals surface area contributed by atoms with Crippen LogP contribution in [0.25, 0.3) is 0 Å². The van der Waals surface area contributed by atoms with Gasteiger partial charge in [0.25, 0.3) is 0 Å². The van der Waals surface area contributed by atoms with E-state index in [1.807, 2.05) is 19.1 Å². The van der Waals surface area contributed by atoms with Gasteiger partial charge in [0, 0.05) is 7.05 Å². The van der Waals surface area contributed by atoms with Crippen molar-refractivity contribution in [3.05, 3.63) is 23.7 Å². The monoisotopic (exact) mass is 201 g/mol. The lowest BCUT2D eigenvalue weighted by molar-refractivity contribution is -0.127. The topological polar surface area (TPSA) is 33.5 Å². The fourth-order valence-electron chi connectivity index (χ4n) is 0.994. The predicted octanol–water partition coefficient (Wildman–Crippen LogP) is 1.79. The molecule has 0 saturated carbocycles. The van der Waals surface area contributed by atoms with Crippen molar-refractivity contribution in [1.82, 2.24) is 4.90 Å². The van der Waals surface area contributed by atoms with E-state index in [9.17, 15) is 4.79 Å². The van der Waals surface area contributed by atoms with Crippen molar-refractivity contribution in [3.63, 3.8) is 0 Å². The first-order chi connectivity index (χ1) is 6.13. The highest BCUT2D eigenvalue weighted by Gasteiger charge is 2.09. The zero-order valence-electron chi connectivity index (χ0n) is 7.71. The summed E-state index contributed by atoms with van der Waals surface area (Å²) in [4.78, 5) is 12.6. The van der Waals surface area contributed by atoms with E-state index in [4.69, 9.17) is 16.0 Å². The lowest BCUT2D eigenvalue weighted by Gasteiger charge is -2.13. The molecule has 3 nitrogen and oxygen atoms in total. The molecular formula is C9H12ClNO2.